The summed E-state index contributed by atoms with van der Waals surface area (Å²) < 4.78 is 1.80. The van der Waals surface area contributed by atoms with Crippen LogP contribution in [0.15, 0.2) is 47.5 Å². The molecule has 7 heteroatoms. The van der Waals surface area contributed by atoms with Gasteiger partial charge in [-0.1, -0.05) is 6.07 Å². The normalized spacial score (nSPS) is 10.6. The van der Waals surface area contributed by atoms with Crippen molar-refractivity contribution in [1.29, 1.82) is 0 Å². The van der Waals surface area contributed by atoms with E-state index in [2.05, 4.69) is 20.5 Å². The van der Waals surface area contributed by atoms with E-state index in [9.17, 15) is 9.59 Å². The van der Waals surface area contributed by atoms with Crippen LogP contribution in [0.3, 0.4) is 0 Å². The van der Waals surface area contributed by atoms with Crippen molar-refractivity contribution >= 4 is 11.6 Å². The van der Waals surface area contributed by atoms with E-state index in [0.717, 1.165) is 5.65 Å². The molecule has 0 atom stereocenters. The molecule has 0 unspecified atom stereocenters. The molecule has 0 spiro atoms. The van der Waals surface area contributed by atoms with E-state index in [1.165, 1.54) is 18.3 Å². The summed E-state index contributed by atoms with van der Waals surface area (Å²) in [5.41, 5.74) is 0.865. The minimum absolute atomic E-state index is 0.245. The number of nitrogens with zero attached hydrogens (tertiary/aromatic N) is 3. The Hall–Kier alpha value is -2.96. The molecule has 0 aliphatic carbocycles. The van der Waals surface area contributed by atoms with E-state index in [1.807, 2.05) is 24.4 Å². The van der Waals surface area contributed by atoms with Crippen molar-refractivity contribution < 1.29 is 4.79 Å². The maximum Gasteiger partial charge on any atom is 0.253 e. The number of nitrogens with one attached hydrogen (secondary N) is 2. The maximum atomic E-state index is 11.9. The topological polar surface area (TPSA) is 92.2 Å². The Labute approximate surface area is 113 Å². The quantitative estimate of drug-likeness (QED) is 0.717. The highest BCUT2D eigenvalue weighted by Gasteiger charge is 2.08. The Morgan fingerprint density at radius 1 is 1.25 bits per heavy atom. The Balaban J connectivity index is 1.74. The Morgan fingerprint density at radius 3 is 2.95 bits per heavy atom. The van der Waals surface area contributed by atoms with E-state index in [0.29, 0.717) is 11.4 Å². The summed E-state index contributed by atoms with van der Waals surface area (Å²) in [6.45, 7) is 0.253. The van der Waals surface area contributed by atoms with Crippen molar-refractivity contribution in [3.05, 3.63) is 64.5 Å². The van der Waals surface area contributed by atoms with E-state index in [4.69, 9.17) is 0 Å². The SMILES string of the molecule is O=C(NCc1nnc2ccccn12)c1ccc(=O)[nH]c1. The molecule has 3 heterocycles. The van der Waals surface area contributed by atoms with Crippen molar-refractivity contribution in [2.75, 3.05) is 0 Å². The fourth-order valence-electron chi connectivity index (χ4n) is 1.82. The molecule has 0 fully saturated rings. The highest BCUT2D eigenvalue weighted by Crippen LogP contribution is 2.03. The molecule has 7 nitrogen and oxygen atoms in total. The fourth-order valence-corrected chi connectivity index (χ4v) is 1.82. The van der Waals surface area contributed by atoms with Gasteiger partial charge in [-0.05, 0) is 18.2 Å². The number of amides is 1. The molecule has 3 aromatic rings. The summed E-state index contributed by atoms with van der Waals surface area (Å²) in [6.07, 6.45) is 3.20. The van der Waals surface area contributed by atoms with E-state index < -0.39 is 0 Å². The number of aromatic amines is 1. The lowest BCUT2D eigenvalue weighted by atomic mass is 10.2. The molecule has 0 saturated carbocycles. The van der Waals surface area contributed by atoms with Crippen LogP contribution in [-0.4, -0.2) is 25.5 Å². The van der Waals surface area contributed by atoms with Gasteiger partial charge in [0.25, 0.3) is 5.91 Å². The van der Waals surface area contributed by atoms with Crippen molar-refractivity contribution in [3.63, 3.8) is 0 Å². The van der Waals surface area contributed by atoms with E-state index in [-0.39, 0.29) is 18.0 Å². The molecule has 0 radical (unpaired) electrons. The second-order valence-corrected chi connectivity index (χ2v) is 4.17. The van der Waals surface area contributed by atoms with Crippen LogP contribution in [0.2, 0.25) is 0 Å². The number of H-pyrrole nitrogens is 1. The van der Waals surface area contributed by atoms with Crippen LogP contribution in [0.4, 0.5) is 0 Å². The van der Waals surface area contributed by atoms with Crippen LogP contribution in [0.1, 0.15) is 16.2 Å². The number of hydrogen-bond acceptors (Lipinski definition) is 4. The van der Waals surface area contributed by atoms with Gasteiger partial charge in [0.15, 0.2) is 11.5 Å². The van der Waals surface area contributed by atoms with Crippen LogP contribution in [-0.2, 0) is 6.54 Å². The summed E-state index contributed by atoms with van der Waals surface area (Å²) in [4.78, 5) is 25.3. The zero-order valence-electron chi connectivity index (χ0n) is 10.4. The molecule has 0 aliphatic heterocycles. The Bertz CT molecular complexity index is 800. The molecule has 1 amide bonds. The summed E-state index contributed by atoms with van der Waals surface area (Å²) in [7, 11) is 0. The molecule has 0 aliphatic rings. The average Bonchev–Trinajstić information content (AvgIpc) is 2.89. The van der Waals surface area contributed by atoms with Gasteiger partial charge < -0.3 is 10.3 Å². The van der Waals surface area contributed by atoms with Crippen molar-refractivity contribution in [3.8, 4) is 0 Å². The first-order chi connectivity index (χ1) is 9.74. The monoisotopic (exact) mass is 269 g/mol. The molecule has 3 rings (SSSR count). The van der Waals surface area contributed by atoms with Gasteiger partial charge in [-0.3, -0.25) is 14.0 Å². The van der Waals surface area contributed by atoms with Crippen molar-refractivity contribution in [2.24, 2.45) is 0 Å². The number of aromatic nitrogens is 4. The first-order valence-electron chi connectivity index (χ1n) is 5.99. The second-order valence-electron chi connectivity index (χ2n) is 4.17. The summed E-state index contributed by atoms with van der Waals surface area (Å²) in [5, 5.41) is 10.7. The number of pyridine rings is 2. The van der Waals surface area contributed by atoms with Crippen molar-refractivity contribution in [2.45, 2.75) is 6.54 Å². The minimum atomic E-state index is -0.283. The number of carbonyl (C=O) groups excluding carboxylic acids is 1. The van der Waals surface area contributed by atoms with Crippen LogP contribution < -0.4 is 10.9 Å². The molecule has 0 bridgehead atoms. The predicted molar refractivity (Wildman–Crippen MR) is 71.2 cm³/mol. The van der Waals surface area contributed by atoms with Gasteiger partial charge in [-0.15, -0.1) is 10.2 Å². The van der Waals surface area contributed by atoms with Crippen molar-refractivity contribution in [1.82, 2.24) is 24.9 Å². The molecule has 0 aromatic carbocycles. The third-order valence-corrected chi connectivity index (χ3v) is 2.84. The number of hydrogen-bond donors (Lipinski definition) is 2. The Morgan fingerprint density at radius 2 is 2.15 bits per heavy atom. The predicted octanol–water partition coefficient (Wildman–Crippen LogP) is 0.348. The fraction of sp³-hybridized carbons (Fsp3) is 0.0769. The zero-order chi connectivity index (χ0) is 13.9. The van der Waals surface area contributed by atoms with Gasteiger partial charge >= 0.3 is 0 Å². The highest BCUT2D eigenvalue weighted by atomic mass is 16.1. The first-order valence-corrected chi connectivity index (χ1v) is 5.99. The standard InChI is InChI=1S/C13H11N5O2/c19-12-5-4-9(7-14-12)13(20)15-8-11-17-16-10-3-1-2-6-18(10)11/h1-7H,8H2,(H,14,19)(H,15,20). The smallest absolute Gasteiger partial charge is 0.253 e. The van der Waals surface area contributed by atoms with E-state index >= 15 is 0 Å². The van der Waals surface area contributed by atoms with Crippen LogP contribution in [0, 0.1) is 0 Å². The molecule has 100 valence electrons. The van der Waals surface area contributed by atoms with Gasteiger partial charge in [0.1, 0.15) is 0 Å². The van der Waals surface area contributed by atoms with Gasteiger partial charge in [-0.2, -0.15) is 0 Å². The van der Waals surface area contributed by atoms with Gasteiger partial charge in [0.2, 0.25) is 5.56 Å². The molecular formula is C13H11N5O2. The third kappa shape index (κ3) is 2.28. The molecule has 2 N–H and O–H groups in total. The lowest BCUT2D eigenvalue weighted by molar-refractivity contribution is 0.0949. The highest BCUT2D eigenvalue weighted by molar-refractivity contribution is 5.93. The zero-order valence-corrected chi connectivity index (χ0v) is 10.4. The largest absolute Gasteiger partial charge is 0.345 e. The minimum Gasteiger partial charge on any atom is -0.345 e. The lowest BCUT2D eigenvalue weighted by Gasteiger charge is -2.03. The summed E-state index contributed by atoms with van der Waals surface area (Å²) >= 11 is 0. The molecule has 20 heavy (non-hydrogen) atoms. The maximum absolute atomic E-state index is 11.9. The lowest BCUT2D eigenvalue weighted by Crippen LogP contribution is -2.24. The molecule has 3 aromatic heterocycles. The van der Waals surface area contributed by atoms with Crippen LogP contribution >= 0.6 is 0 Å². The van der Waals surface area contributed by atoms with Gasteiger partial charge in [-0.25, -0.2) is 0 Å². The van der Waals surface area contributed by atoms with Crippen LogP contribution in [0.25, 0.3) is 5.65 Å². The first kappa shape index (κ1) is 12.1. The third-order valence-electron chi connectivity index (χ3n) is 2.84. The number of carbonyl (C=O) groups is 1. The van der Waals surface area contributed by atoms with Gasteiger partial charge in [0, 0.05) is 18.5 Å². The van der Waals surface area contributed by atoms with Gasteiger partial charge in [0.05, 0.1) is 12.1 Å². The second kappa shape index (κ2) is 4.96. The Kier molecular flexibility index (Phi) is 3.00. The molecule has 0 saturated heterocycles. The van der Waals surface area contributed by atoms with E-state index in [1.54, 1.807) is 4.40 Å². The summed E-state index contributed by atoms with van der Waals surface area (Å²) in [6, 6.07) is 8.34. The number of rotatable bonds is 3. The average molecular weight is 269 g/mol. The summed E-state index contributed by atoms with van der Waals surface area (Å²) in [5.74, 6) is 0.354. The van der Waals surface area contributed by atoms with Crippen LogP contribution in [0.5, 0.6) is 0 Å². The number of fused-ring (bicyclic) bond motifs is 1. The molecular weight excluding hydrogens is 258 g/mol.